The van der Waals surface area contributed by atoms with Crippen molar-refractivity contribution in [3.63, 3.8) is 0 Å². The number of nitrogen functional groups attached to an aromatic ring is 1. The number of nitrogens with one attached hydrogen (secondary N) is 1. The Morgan fingerprint density at radius 3 is 2.79 bits per heavy atom. The first-order valence-electron chi connectivity index (χ1n) is 9.60. The number of nitrogens with two attached hydrogens (primary N) is 1. The molecule has 1 fully saturated rings. The Labute approximate surface area is 192 Å². The number of aromatic nitrogens is 1. The number of amides is 2. The Morgan fingerprint density at radius 2 is 2.24 bits per heavy atom. The van der Waals surface area contributed by atoms with Crippen molar-refractivity contribution in [1.82, 2.24) is 20.3 Å². The van der Waals surface area contributed by atoms with Crippen LogP contribution in [0.2, 0.25) is 0 Å². The summed E-state index contributed by atoms with van der Waals surface area (Å²) in [6, 6.07) is -1.000. The molecule has 2 aliphatic heterocycles. The molecule has 1 unspecified atom stereocenters. The second-order valence-electron chi connectivity index (χ2n) is 7.04. The lowest BCUT2D eigenvalue weighted by Gasteiger charge is -2.24. The Hall–Kier alpha value is -3.78. The van der Waals surface area contributed by atoms with Gasteiger partial charge in [-0.05, 0) is 0 Å². The van der Waals surface area contributed by atoms with E-state index in [2.05, 4.69) is 22.0 Å². The molecule has 2 aliphatic rings. The van der Waals surface area contributed by atoms with Crippen LogP contribution in [0, 0.1) is 5.92 Å². The Balaban J connectivity index is 1.84. The summed E-state index contributed by atoms with van der Waals surface area (Å²) in [4.78, 5) is 57.8. The van der Waals surface area contributed by atoms with Gasteiger partial charge in [-0.15, -0.1) is 17.9 Å². The van der Waals surface area contributed by atoms with E-state index < -0.39 is 35.7 Å². The summed E-state index contributed by atoms with van der Waals surface area (Å²) in [6.07, 6.45) is 1.18. The number of anilines is 1. The summed E-state index contributed by atoms with van der Waals surface area (Å²) in [5.41, 5.74) is 6.23. The SMILES string of the molecule is C=CC(C(=O)O)C1=C(COC(C)=O)CN2C[C@H](NC(=O)/C(=N\OC)c3csc(N)n3)C(=O)N12. The van der Waals surface area contributed by atoms with Crippen LogP contribution in [0.1, 0.15) is 12.6 Å². The van der Waals surface area contributed by atoms with E-state index in [0.717, 1.165) is 11.3 Å². The predicted molar refractivity (Wildman–Crippen MR) is 115 cm³/mol. The van der Waals surface area contributed by atoms with Crippen molar-refractivity contribution in [2.75, 3.05) is 32.5 Å². The van der Waals surface area contributed by atoms with Crippen molar-refractivity contribution >= 4 is 45.9 Å². The molecular weight excluding hydrogens is 456 g/mol. The number of esters is 1. The molecule has 0 spiro atoms. The van der Waals surface area contributed by atoms with Gasteiger partial charge >= 0.3 is 11.9 Å². The summed E-state index contributed by atoms with van der Waals surface area (Å²) in [5.74, 6) is -4.26. The number of ether oxygens (including phenoxy) is 1. The summed E-state index contributed by atoms with van der Waals surface area (Å²) in [6.45, 7) is 4.80. The van der Waals surface area contributed by atoms with Crippen LogP contribution in [0.3, 0.4) is 0 Å². The third-order valence-corrected chi connectivity index (χ3v) is 5.53. The molecular formula is C19H22N6O7S. The third kappa shape index (κ3) is 4.85. The van der Waals surface area contributed by atoms with Crippen LogP contribution >= 0.6 is 11.3 Å². The fourth-order valence-corrected chi connectivity index (χ4v) is 4.08. The van der Waals surface area contributed by atoms with E-state index in [1.165, 1.54) is 30.5 Å². The number of carboxylic acid groups (broad SMARTS) is 1. The van der Waals surface area contributed by atoms with E-state index in [9.17, 15) is 24.3 Å². The third-order valence-electron chi connectivity index (χ3n) is 4.86. The number of thiazole rings is 1. The van der Waals surface area contributed by atoms with Crippen molar-refractivity contribution in [2.24, 2.45) is 11.1 Å². The zero-order valence-corrected chi connectivity index (χ0v) is 18.6. The minimum atomic E-state index is -1.22. The molecule has 33 heavy (non-hydrogen) atoms. The molecule has 1 aromatic rings. The summed E-state index contributed by atoms with van der Waals surface area (Å²) < 4.78 is 5.03. The van der Waals surface area contributed by atoms with E-state index in [0.29, 0.717) is 5.57 Å². The lowest BCUT2D eigenvalue weighted by Crippen LogP contribution is -2.46. The van der Waals surface area contributed by atoms with Crippen LogP contribution in [0.5, 0.6) is 0 Å². The summed E-state index contributed by atoms with van der Waals surface area (Å²) in [5, 5.41) is 20.4. The minimum absolute atomic E-state index is 0.0561. The molecule has 2 atom stereocenters. The van der Waals surface area contributed by atoms with E-state index in [1.54, 1.807) is 5.01 Å². The standard InChI is InChI=1S/C19H22N6O7S/c1-4-11(18(29)30)15-10(7-32-9(2)26)5-24-6-12(17(28)25(15)24)21-16(27)14(23-31-3)13-8-33-19(20)22-13/h4,8,11-12H,1,5-7H2,2-3H3,(H2,20,22)(H,21,27)(H,29,30)/b23-14-/t11?,12-/m0/s1. The van der Waals surface area contributed by atoms with Crippen molar-refractivity contribution in [3.05, 3.63) is 35.0 Å². The second-order valence-corrected chi connectivity index (χ2v) is 7.93. The van der Waals surface area contributed by atoms with Crippen molar-refractivity contribution in [2.45, 2.75) is 13.0 Å². The number of carbonyl (C=O) groups is 4. The topological polar surface area (TPSA) is 177 Å². The summed E-state index contributed by atoms with van der Waals surface area (Å²) >= 11 is 1.11. The number of carbonyl (C=O) groups excluding carboxylic acids is 3. The Kier molecular flexibility index (Phi) is 7.08. The molecule has 4 N–H and O–H groups in total. The minimum Gasteiger partial charge on any atom is -0.481 e. The first-order chi connectivity index (χ1) is 15.7. The van der Waals surface area contributed by atoms with Gasteiger partial charge in [-0.3, -0.25) is 19.2 Å². The van der Waals surface area contributed by atoms with Gasteiger partial charge in [-0.2, -0.15) is 0 Å². The zero-order valence-electron chi connectivity index (χ0n) is 17.8. The number of oxime groups is 1. The largest absolute Gasteiger partial charge is 0.481 e. The van der Waals surface area contributed by atoms with Gasteiger partial charge < -0.3 is 25.7 Å². The number of carboxylic acids is 1. The molecule has 14 heteroatoms. The normalized spacial score (nSPS) is 19.3. The highest BCUT2D eigenvalue weighted by molar-refractivity contribution is 7.13. The number of hydrogen-bond acceptors (Lipinski definition) is 11. The average molecular weight is 478 g/mol. The Bertz CT molecular complexity index is 1060. The highest BCUT2D eigenvalue weighted by atomic mass is 32.1. The number of aliphatic carboxylic acids is 1. The van der Waals surface area contributed by atoms with Gasteiger partial charge in [0.1, 0.15) is 31.4 Å². The van der Waals surface area contributed by atoms with Crippen LogP contribution in [-0.4, -0.2) is 82.4 Å². The van der Waals surface area contributed by atoms with Crippen LogP contribution in [0.25, 0.3) is 0 Å². The maximum atomic E-state index is 13.2. The number of fused-ring (bicyclic) bond motifs is 1. The van der Waals surface area contributed by atoms with Crippen molar-refractivity contribution in [1.29, 1.82) is 0 Å². The molecule has 0 aromatic carbocycles. The van der Waals surface area contributed by atoms with Crippen LogP contribution in [0.4, 0.5) is 5.13 Å². The van der Waals surface area contributed by atoms with E-state index in [-0.39, 0.29) is 41.9 Å². The van der Waals surface area contributed by atoms with Gasteiger partial charge in [0.2, 0.25) is 0 Å². The first-order valence-corrected chi connectivity index (χ1v) is 10.5. The summed E-state index contributed by atoms with van der Waals surface area (Å²) in [7, 11) is 1.26. The van der Waals surface area contributed by atoms with E-state index >= 15 is 0 Å². The average Bonchev–Trinajstić information content (AvgIpc) is 3.41. The predicted octanol–water partition coefficient (Wildman–Crippen LogP) is -0.663. The molecule has 13 nitrogen and oxygen atoms in total. The lowest BCUT2D eigenvalue weighted by molar-refractivity contribution is -0.142. The first kappa shape index (κ1) is 23.9. The highest BCUT2D eigenvalue weighted by Crippen LogP contribution is 2.34. The molecule has 1 aromatic heterocycles. The van der Waals surface area contributed by atoms with Crippen LogP contribution in [-0.2, 0) is 28.8 Å². The number of nitrogens with zero attached hydrogens (tertiary/aromatic N) is 4. The highest BCUT2D eigenvalue weighted by Gasteiger charge is 2.48. The van der Waals surface area contributed by atoms with Gasteiger partial charge in [0, 0.05) is 31.0 Å². The maximum absolute atomic E-state index is 13.2. The molecule has 0 aliphatic carbocycles. The zero-order chi connectivity index (χ0) is 24.3. The quantitative estimate of drug-likeness (QED) is 0.179. The van der Waals surface area contributed by atoms with Gasteiger partial charge in [0.05, 0.1) is 5.70 Å². The van der Waals surface area contributed by atoms with E-state index in [4.69, 9.17) is 15.3 Å². The van der Waals surface area contributed by atoms with Gasteiger partial charge in [0.15, 0.2) is 10.8 Å². The fraction of sp³-hybridized carbons (Fsp3) is 0.368. The van der Waals surface area contributed by atoms with Crippen molar-refractivity contribution in [3.8, 4) is 0 Å². The Morgan fingerprint density at radius 1 is 1.52 bits per heavy atom. The maximum Gasteiger partial charge on any atom is 0.316 e. The van der Waals surface area contributed by atoms with Crippen LogP contribution in [0.15, 0.2) is 34.5 Å². The van der Waals surface area contributed by atoms with Gasteiger partial charge in [0.25, 0.3) is 11.8 Å². The van der Waals surface area contributed by atoms with Crippen molar-refractivity contribution < 1.29 is 33.9 Å². The number of rotatable bonds is 9. The van der Waals surface area contributed by atoms with E-state index in [1.807, 2.05) is 0 Å². The molecule has 3 heterocycles. The smallest absolute Gasteiger partial charge is 0.316 e. The second kappa shape index (κ2) is 9.79. The fourth-order valence-electron chi connectivity index (χ4n) is 3.53. The lowest BCUT2D eigenvalue weighted by atomic mass is 10.0. The molecule has 1 saturated heterocycles. The number of hydrazine groups is 1. The van der Waals surface area contributed by atoms with Gasteiger partial charge in [-0.1, -0.05) is 11.2 Å². The molecule has 176 valence electrons. The molecule has 0 radical (unpaired) electrons. The van der Waals surface area contributed by atoms with Crippen LogP contribution < -0.4 is 11.1 Å². The molecule has 2 amide bonds. The van der Waals surface area contributed by atoms with Gasteiger partial charge in [-0.25, -0.2) is 15.0 Å². The molecule has 0 saturated carbocycles. The molecule has 0 bridgehead atoms. The monoisotopic (exact) mass is 478 g/mol. The molecule has 3 rings (SSSR count). The number of hydrogen-bond donors (Lipinski definition) is 3.